The molecule has 1 aliphatic rings. The molecular formula is C28H34N2O10. The monoisotopic (exact) mass is 558 g/mol. The molecule has 0 bridgehead atoms. The summed E-state index contributed by atoms with van der Waals surface area (Å²) in [7, 11) is 5.76. The number of carbonyl (C=O) groups excluding carboxylic acids is 1. The molecule has 40 heavy (non-hydrogen) atoms. The maximum atomic E-state index is 12.2. The largest absolute Gasteiger partial charge is 0.493 e. The Kier molecular flexibility index (Phi) is 9.87. The zero-order valence-electron chi connectivity index (χ0n) is 23.4. The summed E-state index contributed by atoms with van der Waals surface area (Å²) >= 11 is 0. The van der Waals surface area contributed by atoms with Gasteiger partial charge in [0.1, 0.15) is 12.7 Å². The van der Waals surface area contributed by atoms with Gasteiger partial charge in [0.25, 0.3) is 6.04 Å². The lowest BCUT2D eigenvalue weighted by Gasteiger charge is -2.31. The molecule has 4 atom stereocenters. The minimum Gasteiger partial charge on any atom is -0.493 e. The van der Waals surface area contributed by atoms with E-state index in [-0.39, 0.29) is 43.1 Å². The summed E-state index contributed by atoms with van der Waals surface area (Å²) in [4.78, 5) is 23.8. The van der Waals surface area contributed by atoms with Crippen LogP contribution in [0.1, 0.15) is 38.7 Å². The van der Waals surface area contributed by atoms with Gasteiger partial charge in [0.2, 0.25) is 11.5 Å². The van der Waals surface area contributed by atoms with E-state index in [9.17, 15) is 20.2 Å². The van der Waals surface area contributed by atoms with Crippen molar-refractivity contribution in [2.45, 2.75) is 56.8 Å². The molecular weight excluding hydrogens is 524 g/mol. The van der Waals surface area contributed by atoms with Crippen LogP contribution in [0.5, 0.6) is 34.5 Å². The third kappa shape index (κ3) is 6.42. The number of benzene rings is 2. The average Bonchev–Trinajstić information content (AvgIpc) is 2.96. The SMILES string of the molecule is COc1cc(C(C)(C#N)CCC(OC(C)=O)C(CC2COc3ccccc3O2)[N+](=O)[O-])c(OC)c(OC)c1OC. The average molecular weight is 559 g/mol. The van der Waals surface area contributed by atoms with Crippen LogP contribution in [-0.2, 0) is 14.9 Å². The minimum absolute atomic E-state index is 0.000729. The number of fused-ring (bicyclic) bond motifs is 1. The molecule has 0 saturated carbocycles. The molecule has 3 rings (SSSR count). The number of hydrogen-bond donors (Lipinski definition) is 0. The van der Waals surface area contributed by atoms with Crippen molar-refractivity contribution in [3.05, 3.63) is 46.0 Å². The maximum absolute atomic E-state index is 12.2. The van der Waals surface area contributed by atoms with Gasteiger partial charge in [-0.05, 0) is 38.0 Å². The van der Waals surface area contributed by atoms with E-state index in [4.69, 9.17) is 33.2 Å². The van der Waals surface area contributed by atoms with Gasteiger partial charge in [-0.2, -0.15) is 5.26 Å². The predicted molar refractivity (Wildman–Crippen MR) is 142 cm³/mol. The van der Waals surface area contributed by atoms with Crippen molar-refractivity contribution < 1.29 is 42.9 Å². The van der Waals surface area contributed by atoms with Crippen LogP contribution in [0.3, 0.4) is 0 Å². The second kappa shape index (κ2) is 13.1. The van der Waals surface area contributed by atoms with E-state index in [1.165, 1.54) is 35.4 Å². The van der Waals surface area contributed by atoms with Gasteiger partial charge in [-0.15, -0.1) is 0 Å². The van der Waals surface area contributed by atoms with Crippen molar-refractivity contribution in [1.29, 1.82) is 5.26 Å². The van der Waals surface area contributed by atoms with E-state index in [1.54, 1.807) is 37.3 Å². The predicted octanol–water partition coefficient (Wildman–Crippen LogP) is 4.09. The highest BCUT2D eigenvalue weighted by Gasteiger charge is 2.42. The van der Waals surface area contributed by atoms with Gasteiger partial charge in [0.15, 0.2) is 29.1 Å². The highest BCUT2D eigenvalue weighted by atomic mass is 16.6. The zero-order valence-corrected chi connectivity index (χ0v) is 23.4. The Balaban J connectivity index is 1.91. The molecule has 0 amide bonds. The number of ether oxygens (including phenoxy) is 7. The summed E-state index contributed by atoms with van der Waals surface area (Å²) in [5.41, 5.74) is -0.826. The Labute approximate surface area is 232 Å². The van der Waals surface area contributed by atoms with E-state index in [0.717, 1.165) is 0 Å². The van der Waals surface area contributed by atoms with Gasteiger partial charge < -0.3 is 33.2 Å². The third-order valence-electron chi connectivity index (χ3n) is 6.85. The van der Waals surface area contributed by atoms with Crippen molar-refractivity contribution in [2.75, 3.05) is 35.0 Å². The number of para-hydroxylation sites is 2. The first-order valence-corrected chi connectivity index (χ1v) is 12.6. The van der Waals surface area contributed by atoms with Crippen molar-refractivity contribution in [3.8, 4) is 40.6 Å². The van der Waals surface area contributed by atoms with Crippen molar-refractivity contribution in [2.24, 2.45) is 0 Å². The minimum atomic E-state index is -1.31. The molecule has 12 nitrogen and oxygen atoms in total. The van der Waals surface area contributed by atoms with Crippen LogP contribution in [0, 0.1) is 21.4 Å². The lowest BCUT2D eigenvalue weighted by molar-refractivity contribution is -0.536. The standard InChI is InChI=1S/C28H34N2O10/c1-17(31)39-21(20(30(32)33)13-18-15-38-22-9-7-8-10-23(22)40-18)11-12-28(2,16-29)19-14-24(34-3)26(36-5)27(37-6)25(19)35-4/h7-10,14,18,20-21H,11-13,15H2,1-6H3. The lowest BCUT2D eigenvalue weighted by Crippen LogP contribution is -2.43. The first-order chi connectivity index (χ1) is 19.1. The first-order valence-electron chi connectivity index (χ1n) is 12.6. The zero-order chi connectivity index (χ0) is 29.4. The van der Waals surface area contributed by atoms with Crippen LogP contribution in [0.25, 0.3) is 0 Å². The van der Waals surface area contributed by atoms with E-state index >= 15 is 0 Å². The van der Waals surface area contributed by atoms with Crippen LogP contribution in [0.15, 0.2) is 30.3 Å². The Morgan fingerprint density at radius 1 is 1.12 bits per heavy atom. The molecule has 4 unspecified atom stereocenters. The summed E-state index contributed by atoms with van der Waals surface area (Å²) in [5, 5.41) is 22.5. The summed E-state index contributed by atoms with van der Waals surface area (Å²) in [6, 6.07) is 9.63. The summed E-state index contributed by atoms with van der Waals surface area (Å²) in [6.07, 6.45) is -1.78. The molecule has 2 aromatic carbocycles. The lowest BCUT2D eigenvalue weighted by atomic mass is 9.77. The number of rotatable bonds is 13. The van der Waals surface area contributed by atoms with E-state index < -0.39 is 34.6 Å². The molecule has 0 spiro atoms. The van der Waals surface area contributed by atoms with Crippen molar-refractivity contribution >= 4 is 5.97 Å². The molecule has 0 aliphatic carbocycles. The van der Waals surface area contributed by atoms with E-state index in [2.05, 4.69) is 6.07 Å². The maximum Gasteiger partial charge on any atom is 0.303 e. The molecule has 12 heteroatoms. The van der Waals surface area contributed by atoms with Crippen molar-refractivity contribution in [1.82, 2.24) is 0 Å². The van der Waals surface area contributed by atoms with Gasteiger partial charge >= 0.3 is 5.97 Å². The van der Waals surface area contributed by atoms with E-state index in [1.807, 2.05) is 0 Å². The number of methoxy groups -OCH3 is 4. The molecule has 0 saturated heterocycles. The topological polar surface area (TPSA) is 149 Å². The molecule has 0 fully saturated rings. The van der Waals surface area contributed by atoms with Crippen LogP contribution >= 0.6 is 0 Å². The molecule has 0 aromatic heterocycles. The number of hydrogen-bond acceptors (Lipinski definition) is 11. The number of carbonyl (C=O) groups is 1. The van der Waals surface area contributed by atoms with Gasteiger partial charge in [0.05, 0.1) is 46.3 Å². The Morgan fingerprint density at radius 2 is 1.77 bits per heavy atom. The first kappa shape index (κ1) is 30.1. The molecule has 2 aromatic rings. The second-order valence-corrected chi connectivity index (χ2v) is 9.44. The van der Waals surface area contributed by atoms with Crippen LogP contribution < -0.4 is 28.4 Å². The second-order valence-electron chi connectivity index (χ2n) is 9.44. The summed E-state index contributed by atoms with van der Waals surface area (Å²) < 4.78 is 39.1. The fourth-order valence-electron chi connectivity index (χ4n) is 4.79. The fourth-order valence-corrected chi connectivity index (χ4v) is 4.79. The quantitative estimate of drug-likeness (QED) is 0.199. The summed E-state index contributed by atoms with van der Waals surface area (Å²) in [6.45, 7) is 2.95. The highest BCUT2D eigenvalue weighted by Crippen LogP contribution is 2.51. The molecule has 216 valence electrons. The molecule has 0 radical (unpaired) electrons. The van der Waals surface area contributed by atoms with Crippen LogP contribution in [0.4, 0.5) is 0 Å². The third-order valence-corrected chi connectivity index (χ3v) is 6.85. The van der Waals surface area contributed by atoms with Crippen LogP contribution in [0.2, 0.25) is 0 Å². The Morgan fingerprint density at radius 3 is 2.33 bits per heavy atom. The highest BCUT2D eigenvalue weighted by molar-refractivity contribution is 5.66. The smallest absolute Gasteiger partial charge is 0.303 e. The molecule has 1 aliphatic heterocycles. The molecule has 0 N–H and O–H groups in total. The molecule has 1 heterocycles. The van der Waals surface area contributed by atoms with Gasteiger partial charge in [-0.25, -0.2) is 0 Å². The number of esters is 1. The fraction of sp³-hybridized carbons (Fsp3) is 0.500. The summed E-state index contributed by atoms with van der Waals surface area (Å²) in [5.74, 6) is 1.45. The van der Waals surface area contributed by atoms with E-state index in [0.29, 0.717) is 22.8 Å². The van der Waals surface area contributed by atoms with Gasteiger partial charge in [-0.3, -0.25) is 14.9 Å². The number of nitriles is 1. The van der Waals surface area contributed by atoms with Crippen molar-refractivity contribution in [3.63, 3.8) is 0 Å². The Bertz CT molecular complexity index is 1260. The van der Waals surface area contributed by atoms with Gasteiger partial charge in [0, 0.05) is 17.4 Å². The normalized spacial score (nSPS) is 16.9. The Hall–Kier alpha value is -4.40. The van der Waals surface area contributed by atoms with Gasteiger partial charge in [-0.1, -0.05) is 12.1 Å². The number of nitrogens with zero attached hydrogens (tertiary/aromatic N) is 2. The van der Waals surface area contributed by atoms with Crippen LogP contribution in [-0.4, -0.2) is 64.2 Å². The number of nitro groups is 1.